The number of amides is 1. The van der Waals surface area contributed by atoms with Crippen molar-refractivity contribution in [1.29, 1.82) is 0 Å². The Bertz CT molecular complexity index is 878. The lowest BCUT2D eigenvalue weighted by Gasteiger charge is -2.17. The first-order chi connectivity index (χ1) is 12.2. The largest absolute Gasteiger partial charge is 0.324 e. The fourth-order valence-corrected chi connectivity index (χ4v) is 3.44. The summed E-state index contributed by atoms with van der Waals surface area (Å²) in [4.78, 5) is 15.4. The maximum atomic E-state index is 12.3. The van der Waals surface area contributed by atoms with E-state index in [4.69, 9.17) is 0 Å². The molecule has 0 spiro atoms. The van der Waals surface area contributed by atoms with Crippen molar-refractivity contribution in [2.24, 2.45) is 0 Å². The zero-order chi connectivity index (χ0) is 17.6. The Hall–Kier alpha value is -2.30. The van der Waals surface area contributed by atoms with Crippen LogP contribution in [0.1, 0.15) is 5.56 Å². The van der Waals surface area contributed by atoms with Crippen LogP contribution in [0.4, 0.5) is 5.69 Å². The third-order valence-electron chi connectivity index (χ3n) is 4.06. The average molecular weight is 350 g/mol. The summed E-state index contributed by atoms with van der Waals surface area (Å²) in [6, 6.07) is 22.6. The number of carbonyl (C=O) groups excluding carboxylic acids is 1. The Morgan fingerprint density at radius 2 is 1.72 bits per heavy atom. The van der Waals surface area contributed by atoms with E-state index in [2.05, 4.69) is 35.6 Å². The van der Waals surface area contributed by atoms with Gasteiger partial charge in [-0.2, -0.15) is 0 Å². The normalized spacial score (nSPS) is 11.0. The van der Waals surface area contributed by atoms with Crippen LogP contribution in [0.5, 0.6) is 0 Å². The molecule has 0 saturated carbocycles. The number of nitrogens with one attached hydrogen (secondary N) is 1. The van der Waals surface area contributed by atoms with Crippen LogP contribution in [-0.2, 0) is 11.3 Å². The highest BCUT2D eigenvalue weighted by Crippen LogP contribution is 2.24. The molecule has 128 valence electrons. The Balaban J connectivity index is 1.61. The highest BCUT2D eigenvalue weighted by atomic mass is 32.2. The third kappa shape index (κ3) is 4.62. The number of hydrogen-bond acceptors (Lipinski definition) is 3. The predicted molar refractivity (Wildman–Crippen MR) is 107 cm³/mol. The number of likely N-dealkylation sites (N-methyl/N-ethyl adjacent to an activating group) is 1. The number of carbonyl (C=O) groups is 1. The first-order valence-corrected chi connectivity index (χ1v) is 9.47. The zero-order valence-electron chi connectivity index (χ0n) is 14.5. The fourth-order valence-electron chi connectivity index (χ4n) is 2.89. The van der Waals surface area contributed by atoms with E-state index in [1.807, 2.05) is 54.6 Å². The molecule has 0 aliphatic rings. The number of rotatable bonds is 6. The van der Waals surface area contributed by atoms with Crippen molar-refractivity contribution in [3.05, 3.63) is 72.3 Å². The maximum Gasteiger partial charge on any atom is 0.238 e. The summed E-state index contributed by atoms with van der Waals surface area (Å²) in [6.45, 7) is 1.10. The summed E-state index contributed by atoms with van der Waals surface area (Å²) in [5.41, 5.74) is 2.08. The second-order valence-electron chi connectivity index (χ2n) is 6.10. The van der Waals surface area contributed by atoms with E-state index in [0.29, 0.717) is 6.54 Å². The summed E-state index contributed by atoms with van der Waals surface area (Å²) < 4.78 is 0. The molecule has 3 aromatic carbocycles. The van der Waals surface area contributed by atoms with Gasteiger partial charge in [-0.3, -0.25) is 9.69 Å². The van der Waals surface area contributed by atoms with E-state index < -0.39 is 0 Å². The van der Waals surface area contributed by atoms with Gasteiger partial charge in [-0.05, 0) is 47.8 Å². The quantitative estimate of drug-likeness (QED) is 0.658. The number of thioether (sulfide) groups is 1. The van der Waals surface area contributed by atoms with Gasteiger partial charge in [0.15, 0.2) is 0 Å². The summed E-state index contributed by atoms with van der Waals surface area (Å²) in [6.07, 6.45) is 2.01. The van der Waals surface area contributed by atoms with Crippen molar-refractivity contribution in [1.82, 2.24) is 4.90 Å². The van der Waals surface area contributed by atoms with Crippen molar-refractivity contribution >= 4 is 34.1 Å². The second-order valence-corrected chi connectivity index (χ2v) is 6.95. The SMILES string of the molecule is CSc1ccccc1NC(=O)CN(C)Cc1ccc2ccccc2c1. The maximum absolute atomic E-state index is 12.3. The van der Waals surface area contributed by atoms with Crippen molar-refractivity contribution < 1.29 is 4.79 Å². The molecule has 0 unspecified atom stereocenters. The van der Waals surface area contributed by atoms with Crippen molar-refractivity contribution in [3.63, 3.8) is 0 Å². The Morgan fingerprint density at radius 3 is 2.52 bits per heavy atom. The fraction of sp³-hybridized carbons (Fsp3) is 0.190. The second kappa shape index (κ2) is 8.19. The van der Waals surface area contributed by atoms with Crippen LogP contribution >= 0.6 is 11.8 Å². The van der Waals surface area contributed by atoms with E-state index >= 15 is 0 Å². The lowest BCUT2D eigenvalue weighted by Crippen LogP contribution is -2.30. The van der Waals surface area contributed by atoms with Crippen molar-refractivity contribution in [3.8, 4) is 0 Å². The first kappa shape index (κ1) is 17.5. The van der Waals surface area contributed by atoms with E-state index in [0.717, 1.165) is 17.1 Å². The Labute approximate surface area is 153 Å². The van der Waals surface area contributed by atoms with Crippen LogP contribution in [0.2, 0.25) is 0 Å². The molecule has 1 N–H and O–H groups in total. The van der Waals surface area contributed by atoms with Crippen LogP contribution in [0.3, 0.4) is 0 Å². The van der Waals surface area contributed by atoms with E-state index in [1.165, 1.54) is 16.3 Å². The van der Waals surface area contributed by atoms with Gasteiger partial charge in [0.1, 0.15) is 0 Å². The van der Waals surface area contributed by atoms with Gasteiger partial charge < -0.3 is 5.32 Å². The molecule has 0 radical (unpaired) electrons. The molecule has 4 heteroatoms. The molecule has 0 heterocycles. The molecular formula is C21H22N2OS. The van der Waals surface area contributed by atoms with Crippen LogP contribution < -0.4 is 5.32 Å². The minimum atomic E-state index is 0.00443. The number of hydrogen-bond donors (Lipinski definition) is 1. The molecule has 0 bridgehead atoms. The molecule has 1 amide bonds. The Morgan fingerprint density at radius 1 is 1.00 bits per heavy atom. The standard InChI is InChI=1S/C21H22N2OS/c1-23(14-16-11-12-17-7-3-4-8-18(17)13-16)15-21(24)22-19-9-5-6-10-20(19)25-2/h3-13H,14-15H2,1-2H3,(H,22,24). The van der Waals surface area contributed by atoms with Crippen LogP contribution in [0.15, 0.2) is 71.6 Å². The van der Waals surface area contributed by atoms with Gasteiger partial charge in [-0.25, -0.2) is 0 Å². The molecule has 3 rings (SSSR count). The molecule has 0 aliphatic heterocycles. The van der Waals surface area contributed by atoms with E-state index in [-0.39, 0.29) is 5.91 Å². The lowest BCUT2D eigenvalue weighted by molar-refractivity contribution is -0.117. The van der Waals surface area contributed by atoms with Gasteiger partial charge in [0.05, 0.1) is 12.2 Å². The molecule has 3 nitrogen and oxygen atoms in total. The minimum Gasteiger partial charge on any atom is -0.324 e. The van der Waals surface area contributed by atoms with Gasteiger partial charge in [0.2, 0.25) is 5.91 Å². The van der Waals surface area contributed by atoms with Gasteiger partial charge in [-0.15, -0.1) is 11.8 Å². The molecule has 0 aromatic heterocycles. The van der Waals surface area contributed by atoms with Crippen molar-refractivity contribution in [2.75, 3.05) is 25.2 Å². The average Bonchev–Trinajstić information content (AvgIpc) is 2.62. The molecular weight excluding hydrogens is 328 g/mol. The summed E-state index contributed by atoms with van der Waals surface area (Å²) in [5, 5.41) is 5.47. The number of nitrogens with zero attached hydrogens (tertiary/aromatic N) is 1. The highest BCUT2D eigenvalue weighted by molar-refractivity contribution is 7.98. The topological polar surface area (TPSA) is 32.3 Å². The number of fused-ring (bicyclic) bond motifs is 1. The molecule has 25 heavy (non-hydrogen) atoms. The van der Waals surface area contributed by atoms with Gasteiger partial charge in [0.25, 0.3) is 0 Å². The number of benzene rings is 3. The molecule has 0 aliphatic carbocycles. The molecule has 0 atom stereocenters. The lowest BCUT2D eigenvalue weighted by atomic mass is 10.1. The summed E-state index contributed by atoms with van der Waals surface area (Å²) >= 11 is 1.63. The van der Waals surface area contributed by atoms with E-state index in [1.54, 1.807) is 11.8 Å². The Kier molecular flexibility index (Phi) is 5.74. The highest BCUT2D eigenvalue weighted by Gasteiger charge is 2.10. The zero-order valence-corrected chi connectivity index (χ0v) is 15.3. The van der Waals surface area contributed by atoms with Crippen LogP contribution in [0, 0.1) is 0 Å². The smallest absolute Gasteiger partial charge is 0.238 e. The molecule has 3 aromatic rings. The van der Waals surface area contributed by atoms with E-state index in [9.17, 15) is 4.79 Å². The van der Waals surface area contributed by atoms with Crippen LogP contribution in [0.25, 0.3) is 10.8 Å². The monoisotopic (exact) mass is 350 g/mol. The third-order valence-corrected chi connectivity index (χ3v) is 4.86. The predicted octanol–water partition coefficient (Wildman–Crippen LogP) is 4.63. The van der Waals surface area contributed by atoms with Gasteiger partial charge in [0, 0.05) is 11.4 Å². The first-order valence-electron chi connectivity index (χ1n) is 8.25. The van der Waals surface area contributed by atoms with Gasteiger partial charge >= 0.3 is 0 Å². The molecule has 0 saturated heterocycles. The number of anilines is 1. The number of para-hydroxylation sites is 1. The van der Waals surface area contributed by atoms with Gasteiger partial charge in [-0.1, -0.05) is 48.5 Å². The minimum absolute atomic E-state index is 0.00443. The van der Waals surface area contributed by atoms with Crippen molar-refractivity contribution in [2.45, 2.75) is 11.4 Å². The summed E-state index contributed by atoms with van der Waals surface area (Å²) in [7, 11) is 1.97. The summed E-state index contributed by atoms with van der Waals surface area (Å²) in [5.74, 6) is 0.00443. The van der Waals surface area contributed by atoms with Crippen LogP contribution in [-0.4, -0.2) is 30.7 Å². The molecule has 0 fully saturated rings.